The van der Waals surface area contributed by atoms with E-state index in [4.69, 9.17) is 4.18 Å². The summed E-state index contributed by atoms with van der Waals surface area (Å²) in [6.45, 7) is 3.90. The van der Waals surface area contributed by atoms with E-state index in [2.05, 4.69) is 0 Å². The highest BCUT2D eigenvalue weighted by molar-refractivity contribution is 7.80. The van der Waals surface area contributed by atoms with Crippen molar-refractivity contribution >= 4 is 11.1 Å². The van der Waals surface area contributed by atoms with Crippen LogP contribution in [-0.4, -0.2) is 4.21 Å². The maximum Gasteiger partial charge on any atom is 0.189 e. The summed E-state index contributed by atoms with van der Waals surface area (Å²) in [6, 6.07) is 17.3. The minimum Gasteiger partial charge on any atom is -0.279 e. The molecule has 0 aliphatic heterocycles. The molecule has 0 heterocycles. The molecule has 0 bridgehead atoms. The topological polar surface area (TPSA) is 26.3 Å². The highest BCUT2D eigenvalue weighted by Gasteiger charge is 2.11. The summed E-state index contributed by atoms with van der Waals surface area (Å²) >= 11 is -1.42. The minimum atomic E-state index is -1.42. The van der Waals surface area contributed by atoms with E-state index in [1.807, 2.05) is 68.4 Å². The first-order chi connectivity index (χ1) is 8.66. The van der Waals surface area contributed by atoms with Gasteiger partial charge in [-0.1, -0.05) is 48.0 Å². The van der Waals surface area contributed by atoms with Crippen LogP contribution < -0.4 is 0 Å². The van der Waals surface area contributed by atoms with Crippen molar-refractivity contribution in [3.8, 4) is 0 Å². The van der Waals surface area contributed by atoms with E-state index in [1.165, 1.54) is 0 Å². The molecule has 0 spiro atoms. The van der Waals surface area contributed by atoms with Gasteiger partial charge in [-0.3, -0.25) is 4.18 Å². The molecule has 2 aromatic rings. The molecule has 0 saturated carbocycles. The first-order valence-corrected chi connectivity index (χ1v) is 6.95. The normalized spacial score (nSPS) is 14.1. The molecule has 0 radical (unpaired) electrons. The summed E-state index contributed by atoms with van der Waals surface area (Å²) in [5.41, 5.74) is 2.17. The predicted octanol–water partition coefficient (Wildman–Crippen LogP) is 3.80. The van der Waals surface area contributed by atoms with Gasteiger partial charge in [0.25, 0.3) is 0 Å². The zero-order valence-corrected chi connectivity index (χ0v) is 11.3. The molecular formula is C15H16O2S. The van der Waals surface area contributed by atoms with Crippen molar-refractivity contribution in [1.82, 2.24) is 0 Å². The van der Waals surface area contributed by atoms with Crippen molar-refractivity contribution in [1.29, 1.82) is 0 Å². The lowest BCUT2D eigenvalue weighted by atomic mass is 10.1. The number of aryl methyl sites for hydroxylation is 1. The van der Waals surface area contributed by atoms with E-state index >= 15 is 0 Å². The van der Waals surface area contributed by atoms with Gasteiger partial charge in [0.1, 0.15) is 0 Å². The van der Waals surface area contributed by atoms with Crippen molar-refractivity contribution in [2.75, 3.05) is 0 Å². The molecule has 0 fully saturated rings. The third kappa shape index (κ3) is 3.28. The smallest absolute Gasteiger partial charge is 0.189 e. The van der Waals surface area contributed by atoms with Gasteiger partial charge < -0.3 is 0 Å². The molecule has 2 unspecified atom stereocenters. The maximum absolute atomic E-state index is 12.0. The van der Waals surface area contributed by atoms with E-state index in [9.17, 15) is 4.21 Å². The Kier molecular flexibility index (Phi) is 4.28. The van der Waals surface area contributed by atoms with Gasteiger partial charge in [0.05, 0.1) is 11.0 Å². The van der Waals surface area contributed by atoms with Gasteiger partial charge in [-0.2, -0.15) is 0 Å². The molecule has 0 aromatic heterocycles. The van der Waals surface area contributed by atoms with Crippen LogP contribution in [0.4, 0.5) is 0 Å². The Labute approximate surface area is 110 Å². The molecule has 0 aliphatic rings. The van der Waals surface area contributed by atoms with Gasteiger partial charge >= 0.3 is 0 Å². The van der Waals surface area contributed by atoms with E-state index in [0.29, 0.717) is 4.90 Å². The van der Waals surface area contributed by atoms with Crippen molar-refractivity contribution in [2.24, 2.45) is 0 Å². The Morgan fingerprint density at radius 2 is 1.61 bits per heavy atom. The minimum absolute atomic E-state index is 0.187. The van der Waals surface area contributed by atoms with Crippen LogP contribution in [0.15, 0.2) is 59.5 Å². The SMILES string of the molecule is Cc1ccc(S(=O)OC(C)c2ccccc2)cc1. The summed E-state index contributed by atoms with van der Waals surface area (Å²) in [5, 5.41) is 0. The third-order valence-electron chi connectivity index (χ3n) is 2.71. The second kappa shape index (κ2) is 5.94. The molecule has 2 atom stereocenters. The number of hydrogen-bond acceptors (Lipinski definition) is 2. The molecule has 0 aliphatic carbocycles. The monoisotopic (exact) mass is 260 g/mol. The van der Waals surface area contributed by atoms with Crippen molar-refractivity contribution in [2.45, 2.75) is 24.8 Å². The van der Waals surface area contributed by atoms with E-state index in [-0.39, 0.29) is 6.10 Å². The molecule has 3 heteroatoms. The van der Waals surface area contributed by atoms with E-state index < -0.39 is 11.1 Å². The molecule has 18 heavy (non-hydrogen) atoms. The number of rotatable bonds is 4. The molecular weight excluding hydrogens is 244 g/mol. The van der Waals surface area contributed by atoms with Gasteiger partial charge in [-0.15, -0.1) is 0 Å². The molecule has 2 nitrogen and oxygen atoms in total. The lowest BCUT2D eigenvalue weighted by Gasteiger charge is -2.12. The summed E-state index contributed by atoms with van der Waals surface area (Å²) in [6.07, 6.45) is -0.187. The Morgan fingerprint density at radius 3 is 2.22 bits per heavy atom. The Morgan fingerprint density at radius 1 is 1.00 bits per heavy atom. The first kappa shape index (κ1) is 13.0. The average Bonchev–Trinajstić information content (AvgIpc) is 2.40. The highest BCUT2D eigenvalue weighted by Crippen LogP contribution is 2.20. The molecule has 0 amide bonds. The van der Waals surface area contributed by atoms with E-state index in [0.717, 1.165) is 11.1 Å². The largest absolute Gasteiger partial charge is 0.279 e. The average molecular weight is 260 g/mol. The number of benzene rings is 2. The van der Waals surface area contributed by atoms with Gasteiger partial charge in [-0.05, 0) is 31.5 Å². The fourth-order valence-electron chi connectivity index (χ4n) is 1.62. The van der Waals surface area contributed by atoms with Crippen molar-refractivity contribution in [3.05, 3.63) is 65.7 Å². The van der Waals surface area contributed by atoms with Crippen LogP contribution in [0.2, 0.25) is 0 Å². The summed E-state index contributed by atoms with van der Waals surface area (Å²) in [5.74, 6) is 0. The van der Waals surface area contributed by atoms with Crippen LogP contribution in [0, 0.1) is 6.92 Å². The van der Waals surface area contributed by atoms with Crippen LogP contribution in [0.25, 0.3) is 0 Å². The quantitative estimate of drug-likeness (QED) is 0.836. The van der Waals surface area contributed by atoms with Gasteiger partial charge in [0, 0.05) is 0 Å². The van der Waals surface area contributed by atoms with Crippen molar-refractivity contribution < 1.29 is 8.39 Å². The third-order valence-corrected chi connectivity index (χ3v) is 3.83. The summed E-state index contributed by atoms with van der Waals surface area (Å²) in [4.78, 5) is 0.698. The molecule has 2 rings (SSSR count). The summed E-state index contributed by atoms with van der Waals surface area (Å²) in [7, 11) is 0. The molecule has 94 valence electrons. The standard InChI is InChI=1S/C15H16O2S/c1-12-8-10-15(11-9-12)18(16)17-13(2)14-6-4-3-5-7-14/h3-11,13H,1-2H3. The Hall–Kier alpha value is -1.45. The lowest BCUT2D eigenvalue weighted by molar-refractivity contribution is 0.254. The number of hydrogen-bond donors (Lipinski definition) is 0. The van der Waals surface area contributed by atoms with Gasteiger partial charge in [0.15, 0.2) is 11.1 Å². The van der Waals surface area contributed by atoms with Crippen LogP contribution >= 0.6 is 0 Å². The second-order valence-electron chi connectivity index (χ2n) is 4.20. The van der Waals surface area contributed by atoms with Crippen LogP contribution in [0.5, 0.6) is 0 Å². The van der Waals surface area contributed by atoms with Gasteiger partial charge in [0.2, 0.25) is 0 Å². The lowest BCUT2D eigenvalue weighted by Crippen LogP contribution is -2.03. The predicted molar refractivity (Wildman–Crippen MR) is 73.5 cm³/mol. The zero-order chi connectivity index (χ0) is 13.0. The molecule has 0 N–H and O–H groups in total. The fraction of sp³-hybridized carbons (Fsp3) is 0.200. The second-order valence-corrected chi connectivity index (χ2v) is 5.33. The molecule has 2 aromatic carbocycles. The fourth-order valence-corrected chi connectivity index (χ4v) is 2.46. The highest BCUT2D eigenvalue weighted by atomic mass is 32.2. The van der Waals surface area contributed by atoms with Crippen LogP contribution in [0.3, 0.4) is 0 Å². The maximum atomic E-state index is 12.0. The van der Waals surface area contributed by atoms with Crippen LogP contribution in [-0.2, 0) is 15.3 Å². The summed E-state index contributed by atoms with van der Waals surface area (Å²) < 4.78 is 17.6. The van der Waals surface area contributed by atoms with Crippen LogP contribution in [0.1, 0.15) is 24.2 Å². The van der Waals surface area contributed by atoms with Gasteiger partial charge in [-0.25, -0.2) is 4.21 Å². The van der Waals surface area contributed by atoms with Crippen molar-refractivity contribution in [3.63, 3.8) is 0 Å². The first-order valence-electron chi connectivity index (χ1n) is 5.87. The van der Waals surface area contributed by atoms with E-state index in [1.54, 1.807) is 0 Å². The Bertz CT molecular complexity index is 520. The molecule has 0 saturated heterocycles. The Balaban J connectivity index is 2.06. The zero-order valence-electron chi connectivity index (χ0n) is 10.5.